The lowest BCUT2D eigenvalue weighted by Crippen LogP contribution is -2.40. The smallest absolute Gasteiger partial charge is 0.416 e. The van der Waals surface area contributed by atoms with Gasteiger partial charge in [-0.1, -0.05) is 58.3 Å². The molecule has 0 N–H and O–H groups in total. The summed E-state index contributed by atoms with van der Waals surface area (Å²) in [5.41, 5.74) is -1.53. The van der Waals surface area contributed by atoms with Gasteiger partial charge in [0.2, 0.25) is 0 Å². The number of amides is 1. The third-order valence-corrected chi connectivity index (χ3v) is 6.08. The minimum Gasteiger partial charge on any atom is -0.465 e. The third kappa shape index (κ3) is 9.33. The SMILES string of the molecule is CCCCCCCCCCCOC(=O)C1CCN(C(=O)c2cc(F)cc(C(F)(F)F)c2)CC1. The first-order valence-electron chi connectivity index (χ1n) is 12.1. The number of piperidine rings is 1. The summed E-state index contributed by atoms with van der Waals surface area (Å²) in [5, 5.41) is 0. The zero-order chi connectivity index (χ0) is 24.3. The molecule has 1 amide bonds. The van der Waals surface area contributed by atoms with Crippen LogP contribution in [-0.2, 0) is 15.7 Å². The number of ether oxygens (including phenoxy) is 1. The van der Waals surface area contributed by atoms with Crippen LogP contribution in [0.2, 0.25) is 0 Å². The third-order valence-electron chi connectivity index (χ3n) is 6.08. The largest absolute Gasteiger partial charge is 0.465 e. The van der Waals surface area contributed by atoms with Gasteiger partial charge in [-0.05, 0) is 37.5 Å². The Bertz CT molecular complexity index is 759. The van der Waals surface area contributed by atoms with Crippen molar-refractivity contribution in [2.75, 3.05) is 19.7 Å². The number of alkyl halides is 3. The van der Waals surface area contributed by atoms with E-state index in [1.54, 1.807) is 0 Å². The van der Waals surface area contributed by atoms with Crippen LogP contribution in [0.15, 0.2) is 18.2 Å². The van der Waals surface area contributed by atoms with E-state index in [1.165, 1.54) is 43.4 Å². The molecule has 4 nitrogen and oxygen atoms in total. The van der Waals surface area contributed by atoms with E-state index < -0.39 is 23.5 Å². The average Bonchev–Trinajstić information content (AvgIpc) is 2.78. The second-order valence-corrected chi connectivity index (χ2v) is 8.79. The van der Waals surface area contributed by atoms with Gasteiger partial charge in [0.1, 0.15) is 5.82 Å². The van der Waals surface area contributed by atoms with Gasteiger partial charge < -0.3 is 9.64 Å². The Hall–Kier alpha value is -2.12. The summed E-state index contributed by atoms with van der Waals surface area (Å²) in [7, 11) is 0. The van der Waals surface area contributed by atoms with Gasteiger partial charge in [0.15, 0.2) is 0 Å². The van der Waals surface area contributed by atoms with Crippen molar-refractivity contribution in [1.82, 2.24) is 4.90 Å². The molecule has 8 heteroatoms. The zero-order valence-electron chi connectivity index (χ0n) is 19.4. The molecule has 1 aliphatic rings. The fraction of sp³-hybridized carbons (Fsp3) is 0.680. The van der Waals surface area contributed by atoms with Crippen molar-refractivity contribution < 1.29 is 31.9 Å². The number of nitrogens with zero attached hydrogens (tertiary/aromatic N) is 1. The lowest BCUT2D eigenvalue weighted by Gasteiger charge is -2.31. The minimum absolute atomic E-state index is 0.217. The van der Waals surface area contributed by atoms with Crippen LogP contribution in [-0.4, -0.2) is 36.5 Å². The van der Waals surface area contributed by atoms with Gasteiger partial charge in [-0.2, -0.15) is 13.2 Å². The molecule has 0 unspecified atom stereocenters. The monoisotopic (exact) mass is 473 g/mol. The first kappa shape index (κ1) is 27.1. The predicted molar refractivity (Wildman–Crippen MR) is 118 cm³/mol. The van der Waals surface area contributed by atoms with Gasteiger partial charge in [-0.3, -0.25) is 9.59 Å². The normalized spacial score (nSPS) is 15.0. The number of carbonyl (C=O) groups is 2. The number of esters is 1. The number of hydrogen-bond donors (Lipinski definition) is 0. The Balaban J connectivity index is 1.67. The van der Waals surface area contributed by atoms with Crippen molar-refractivity contribution in [3.63, 3.8) is 0 Å². The number of unbranched alkanes of at least 4 members (excludes halogenated alkanes) is 8. The Morgan fingerprint density at radius 3 is 2.09 bits per heavy atom. The number of benzene rings is 1. The summed E-state index contributed by atoms with van der Waals surface area (Å²) in [6.45, 7) is 3.02. The minimum atomic E-state index is -4.73. The van der Waals surface area contributed by atoms with E-state index in [2.05, 4.69) is 6.92 Å². The molecule has 0 atom stereocenters. The van der Waals surface area contributed by atoms with Crippen LogP contribution in [0.25, 0.3) is 0 Å². The fourth-order valence-corrected chi connectivity index (χ4v) is 4.08. The van der Waals surface area contributed by atoms with E-state index in [-0.39, 0.29) is 30.5 Å². The Labute approximate surface area is 193 Å². The second kappa shape index (κ2) is 13.6. The molecule has 0 bridgehead atoms. The highest BCUT2D eigenvalue weighted by Gasteiger charge is 2.33. The number of carbonyl (C=O) groups excluding carboxylic acids is 2. The van der Waals surface area contributed by atoms with E-state index in [0.717, 1.165) is 25.3 Å². The van der Waals surface area contributed by atoms with Crippen LogP contribution in [0.5, 0.6) is 0 Å². The van der Waals surface area contributed by atoms with Gasteiger partial charge in [-0.15, -0.1) is 0 Å². The molecule has 0 aromatic heterocycles. The maximum absolute atomic E-state index is 13.6. The topological polar surface area (TPSA) is 46.6 Å². The lowest BCUT2D eigenvalue weighted by atomic mass is 9.96. The van der Waals surface area contributed by atoms with Gasteiger partial charge in [0.05, 0.1) is 18.1 Å². The van der Waals surface area contributed by atoms with E-state index in [9.17, 15) is 27.2 Å². The van der Waals surface area contributed by atoms with Crippen molar-refractivity contribution in [2.45, 2.75) is 83.7 Å². The highest BCUT2D eigenvalue weighted by atomic mass is 19.4. The van der Waals surface area contributed by atoms with E-state index >= 15 is 0 Å². The molecule has 0 spiro atoms. The number of likely N-dealkylation sites (tertiary alicyclic amines) is 1. The molecular formula is C25H35F4NO3. The molecule has 1 fully saturated rings. The molecule has 186 valence electrons. The van der Waals surface area contributed by atoms with E-state index in [4.69, 9.17) is 4.74 Å². The molecule has 1 heterocycles. The molecule has 1 aromatic rings. The molecular weight excluding hydrogens is 438 g/mol. The van der Waals surface area contributed by atoms with E-state index in [0.29, 0.717) is 31.6 Å². The maximum atomic E-state index is 13.6. The van der Waals surface area contributed by atoms with Crippen LogP contribution >= 0.6 is 0 Å². The molecule has 0 aliphatic carbocycles. The van der Waals surface area contributed by atoms with Gasteiger partial charge in [0, 0.05) is 18.7 Å². The second-order valence-electron chi connectivity index (χ2n) is 8.79. The first-order valence-corrected chi connectivity index (χ1v) is 12.1. The van der Waals surface area contributed by atoms with Crippen molar-refractivity contribution >= 4 is 11.9 Å². The number of hydrogen-bond acceptors (Lipinski definition) is 3. The summed E-state index contributed by atoms with van der Waals surface area (Å²) in [6, 6.07) is 1.84. The Kier molecular flexibility index (Phi) is 11.1. The standard InChI is InChI=1S/C25H35F4NO3/c1-2-3-4-5-6-7-8-9-10-15-33-24(32)19-11-13-30(14-12-19)23(31)20-16-21(25(27,28)29)18-22(26)17-20/h16-19H,2-15H2,1H3. The Morgan fingerprint density at radius 1 is 0.939 bits per heavy atom. The molecule has 0 saturated carbocycles. The highest BCUT2D eigenvalue weighted by Crippen LogP contribution is 2.31. The lowest BCUT2D eigenvalue weighted by molar-refractivity contribution is -0.150. The molecule has 33 heavy (non-hydrogen) atoms. The van der Waals surface area contributed by atoms with Crippen LogP contribution in [0, 0.1) is 11.7 Å². The summed E-state index contributed by atoms with van der Waals surface area (Å²) < 4.78 is 57.7. The van der Waals surface area contributed by atoms with Crippen LogP contribution in [0.4, 0.5) is 17.6 Å². The van der Waals surface area contributed by atoms with Crippen LogP contribution in [0.1, 0.15) is 93.5 Å². The van der Waals surface area contributed by atoms with Gasteiger partial charge in [0.25, 0.3) is 5.91 Å². The van der Waals surface area contributed by atoms with Crippen LogP contribution < -0.4 is 0 Å². The summed E-state index contributed by atoms with van der Waals surface area (Å²) in [6.07, 6.45) is 6.62. The number of halogens is 4. The van der Waals surface area contributed by atoms with Crippen molar-refractivity contribution in [3.05, 3.63) is 35.1 Å². The quantitative estimate of drug-likeness (QED) is 0.191. The molecule has 1 aliphatic heterocycles. The molecule has 1 saturated heterocycles. The number of rotatable bonds is 12. The van der Waals surface area contributed by atoms with Crippen LogP contribution in [0.3, 0.4) is 0 Å². The summed E-state index contributed by atoms with van der Waals surface area (Å²) >= 11 is 0. The Morgan fingerprint density at radius 2 is 1.52 bits per heavy atom. The summed E-state index contributed by atoms with van der Waals surface area (Å²) in [4.78, 5) is 26.2. The fourth-order valence-electron chi connectivity index (χ4n) is 4.08. The summed E-state index contributed by atoms with van der Waals surface area (Å²) in [5.74, 6) is -2.39. The molecule has 1 aromatic carbocycles. The van der Waals surface area contributed by atoms with Gasteiger partial charge in [-0.25, -0.2) is 4.39 Å². The van der Waals surface area contributed by atoms with Crippen molar-refractivity contribution in [3.8, 4) is 0 Å². The molecule has 0 radical (unpaired) electrons. The van der Waals surface area contributed by atoms with Crippen molar-refractivity contribution in [1.29, 1.82) is 0 Å². The zero-order valence-corrected chi connectivity index (χ0v) is 19.4. The maximum Gasteiger partial charge on any atom is 0.416 e. The van der Waals surface area contributed by atoms with Crippen molar-refractivity contribution in [2.24, 2.45) is 5.92 Å². The first-order chi connectivity index (χ1) is 15.7. The predicted octanol–water partition coefficient (Wildman–Crippen LogP) is 6.77. The van der Waals surface area contributed by atoms with Gasteiger partial charge >= 0.3 is 12.1 Å². The highest BCUT2D eigenvalue weighted by molar-refractivity contribution is 5.94. The molecule has 2 rings (SSSR count). The van der Waals surface area contributed by atoms with E-state index in [1.807, 2.05) is 0 Å². The average molecular weight is 474 g/mol.